The minimum atomic E-state index is -0.643. The standard InChI is InChI=1S/C19H18O2/c1-14-7-2-5-12-19(14)21-13-18(20)17-11-6-9-15-8-3-4-10-16(15)17/h2-12,18,20H,13H2,1H3. The van der Waals surface area contributed by atoms with Crippen molar-refractivity contribution >= 4 is 10.8 Å². The third-order valence-electron chi connectivity index (χ3n) is 3.67. The number of ether oxygens (including phenoxy) is 1. The van der Waals surface area contributed by atoms with E-state index in [1.807, 2.05) is 73.7 Å². The highest BCUT2D eigenvalue weighted by molar-refractivity contribution is 5.85. The molecule has 0 aromatic heterocycles. The molecule has 2 heteroatoms. The highest BCUT2D eigenvalue weighted by Gasteiger charge is 2.12. The summed E-state index contributed by atoms with van der Waals surface area (Å²) in [6.45, 7) is 2.25. The number of hydrogen-bond acceptors (Lipinski definition) is 2. The van der Waals surface area contributed by atoms with Gasteiger partial charge in [0.25, 0.3) is 0 Å². The second-order valence-corrected chi connectivity index (χ2v) is 5.16. The van der Waals surface area contributed by atoms with Crippen molar-refractivity contribution in [3.05, 3.63) is 77.9 Å². The average molecular weight is 278 g/mol. The molecule has 0 bridgehead atoms. The number of benzene rings is 3. The van der Waals surface area contributed by atoms with E-state index in [4.69, 9.17) is 4.74 Å². The SMILES string of the molecule is Cc1ccccc1OCC(O)c1cccc2ccccc12. The lowest BCUT2D eigenvalue weighted by atomic mass is 10.0. The molecule has 3 aromatic carbocycles. The number of hydrogen-bond donors (Lipinski definition) is 1. The van der Waals surface area contributed by atoms with Crippen molar-refractivity contribution in [2.24, 2.45) is 0 Å². The van der Waals surface area contributed by atoms with E-state index in [9.17, 15) is 5.11 Å². The van der Waals surface area contributed by atoms with E-state index < -0.39 is 6.10 Å². The summed E-state index contributed by atoms with van der Waals surface area (Å²) in [5, 5.41) is 12.6. The fourth-order valence-electron chi connectivity index (χ4n) is 2.52. The van der Waals surface area contributed by atoms with Crippen LogP contribution in [0.25, 0.3) is 10.8 Å². The van der Waals surface area contributed by atoms with E-state index in [2.05, 4.69) is 0 Å². The van der Waals surface area contributed by atoms with Crippen molar-refractivity contribution in [2.45, 2.75) is 13.0 Å². The Hall–Kier alpha value is -2.32. The molecular weight excluding hydrogens is 260 g/mol. The summed E-state index contributed by atoms with van der Waals surface area (Å²) in [6.07, 6.45) is -0.643. The highest BCUT2D eigenvalue weighted by atomic mass is 16.5. The molecule has 0 aliphatic carbocycles. The van der Waals surface area contributed by atoms with E-state index >= 15 is 0 Å². The lowest BCUT2D eigenvalue weighted by Gasteiger charge is -2.16. The van der Waals surface area contributed by atoms with Gasteiger partial charge in [0, 0.05) is 0 Å². The summed E-state index contributed by atoms with van der Waals surface area (Å²) >= 11 is 0. The summed E-state index contributed by atoms with van der Waals surface area (Å²) in [5.41, 5.74) is 1.98. The lowest BCUT2D eigenvalue weighted by molar-refractivity contribution is 0.109. The van der Waals surface area contributed by atoms with Crippen molar-refractivity contribution in [3.8, 4) is 5.75 Å². The van der Waals surface area contributed by atoms with Crippen LogP contribution in [-0.4, -0.2) is 11.7 Å². The molecular formula is C19H18O2. The van der Waals surface area contributed by atoms with Crippen LogP contribution in [-0.2, 0) is 0 Å². The molecule has 0 aliphatic heterocycles. The van der Waals surface area contributed by atoms with Crippen LogP contribution in [0.3, 0.4) is 0 Å². The Morgan fingerprint density at radius 3 is 2.48 bits per heavy atom. The van der Waals surface area contributed by atoms with Crippen molar-refractivity contribution in [1.82, 2.24) is 0 Å². The molecule has 0 amide bonds. The smallest absolute Gasteiger partial charge is 0.122 e. The minimum absolute atomic E-state index is 0.249. The molecule has 21 heavy (non-hydrogen) atoms. The van der Waals surface area contributed by atoms with Gasteiger partial charge in [0.1, 0.15) is 18.5 Å². The van der Waals surface area contributed by atoms with Gasteiger partial charge in [-0.05, 0) is 34.9 Å². The first-order valence-electron chi connectivity index (χ1n) is 7.10. The second-order valence-electron chi connectivity index (χ2n) is 5.16. The van der Waals surface area contributed by atoms with E-state index in [0.717, 1.165) is 27.6 Å². The van der Waals surface area contributed by atoms with Crippen LogP contribution in [0, 0.1) is 6.92 Å². The van der Waals surface area contributed by atoms with Gasteiger partial charge >= 0.3 is 0 Å². The fourth-order valence-corrected chi connectivity index (χ4v) is 2.52. The molecule has 1 N–H and O–H groups in total. The molecule has 3 rings (SSSR count). The average Bonchev–Trinajstić information content (AvgIpc) is 2.53. The molecule has 0 heterocycles. The van der Waals surface area contributed by atoms with Crippen LogP contribution in [0.2, 0.25) is 0 Å². The van der Waals surface area contributed by atoms with E-state index in [0.29, 0.717) is 0 Å². The van der Waals surface area contributed by atoms with Gasteiger partial charge in [-0.15, -0.1) is 0 Å². The molecule has 0 radical (unpaired) electrons. The normalized spacial score (nSPS) is 12.3. The monoisotopic (exact) mass is 278 g/mol. The first kappa shape index (κ1) is 13.7. The third kappa shape index (κ3) is 2.91. The summed E-state index contributed by atoms with van der Waals surface area (Å²) in [6, 6.07) is 21.9. The van der Waals surface area contributed by atoms with Crippen LogP contribution >= 0.6 is 0 Å². The van der Waals surface area contributed by atoms with Crippen molar-refractivity contribution in [3.63, 3.8) is 0 Å². The maximum Gasteiger partial charge on any atom is 0.122 e. The summed E-state index contributed by atoms with van der Waals surface area (Å²) in [5.74, 6) is 0.816. The molecule has 1 atom stereocenters. The minimum Gasteiger partial charge on any atom is -0.490 e. The van der Waals surface area contributed by atoms with Gasteiger partial charge in [0.2, 0.25) is 0 Å². The Labute approximate surface area is 124 Å². The van der Waals surface area contributed by atoms with Crippen LogP contribution in [0.1, 0.15) is 17.2 Å². The fraction of sp³-hybridized carbons (Fsp3) is 0.158. The quantitative estimate of drug-likeness (QED) is 0.772. The molecule has 3 aromatic rings. The summed E-state index contributed by atoms with van der Waals surface area (Å²) < 4.78 is 5.75. The number of aryl methyl sites for hydroxylation is 1. The molecule has 0 saturated heterocycles. The van der Waals surface area contributed by atoms with Crippen molar-refractivity contribution in [2.75, 3.05) is 6.61 Å². The first-order chi connectivity index (χ1) is 10.3. The molecule has 1 unspecified atom stereocenters. The number of aliphatic hydroxyl groups is 1. The molecule has 0 fully saturated rings. The van der Waals surface area contributed by atoms with Crippen LogP contribution in [0.5, 0.6) is 5.75 Å². The third-order valence-corrected chi connectivity index (χ3v) is 3.67. The number of aliphatic hydroxyl groups excluding tert-OH is 1. The maximum atomic E-state index is 10.4. The van der Waals surface area contributed by atoms with E-state index in [-0.39, 0.29) is 6.61 Å². The lowest BCUT2D eigenvalue weighted by Crippen LogP contribution is -2.10. The predicted octanol–water partition coefficient (Wildman–Crippen LogP) is 4.26. The van der Waals surface area contributed by atoms with Crippen molar-refractivity contribution in [1.29, 1.82) is 0 Å². The van der Waals surface area contributed by atoms with Gasteiger partial charge in [-0.25, -0.2) is 0 Å². The maximum absolute atomic E-state index is 10.4. The van der Waals surface area contributed by atoms with Gasteiger partial charge in [-0.1, -0.05) is 60.7 Å². The molecule has 106 valence electrons. The number of para-hydroxylation sites is 1. The van der Waals surface area contributed by atoms with Gasteiger partial charge in [-0.3, -0.25) is 0 Å². The zero-order chi connectivity index (χ0) is 14.7. The van der Waals surface area contributed by atoms with Gasteiger partial charge < -0.3 is 9.84 Å². The zero-order valence-electron chi connectivity index (χ0n) is 12.0. The molecule has 2 nitrogen and oxygen atoms in total. The molecule has 0 aliphatic rings. The second kappa shape index (κ2) is 5.98. The predicted molar refractivity (Wildman–Crippen MR) is 85.6 cm³/mol. The number of rotatable bonds is 4. The van der Waals surface area contributed by atoms with Gasteiger partial charge in [0.15, 0.2) is 0 Å². The first-order valence-corrected chi connectivity index (χ1v) is 7.10. The largest absolute Gasteiger partial charge is 0.490 e. The Balaban J connectivity index is 1.81. The van der Waals surface area contributed by atoms with Crippen LogP contribution in [0.15, 0.2) is 66.7 Å². The van der Waals surface area contributed by atoms with Crippen LogP contribution < -0.4 is 4.74 Å². The van der Waals surface area contributed by atoms with Crippen LogP contribution in [0.4, 0.5) is 0 Å². The molecule has 0 spiro atoms. The Morgan fingerprint density at radius 1 is 0.905 bits per heavy atom. The Morgan fingerprint density at radius 2 is 1.62 bits per heavy atom. The Kier molecular flexibility index (Phi) is 3.89. The Bertz CT molecular complexity index is 744. The zero-order valence-corrected chi connectivity index (χ0v) is 12.0. The van der Waals surface area contributed by atoms with E-state index in [1.54, 1.807) is 0 Å². The van der Waals surface area contributed by atoms with E-state index in [1.165, 1.54) is 0 Å². The van der Waals surface area contributed by atoms with Gasteiger partial charge in [-0.2, -0.15) is 0 Å². The number of fused-ring (bicyclic) bond motifs is 1. The van der Waals surface area contributed by atoms with Crippen molar-refractivity contribution < 1.29 is 9.84 Å². The molecule has 0 saturated carbocycles. The topological polar surface area (TPSA) is 29.5 Å². The summed E-state index contributed by atoms with van der Waals surface area (Å²) in [7, 11) is 0. The highest BCUT2D eigenvalue weighted by Crippen LogP contribution is 2.25. The van der Waals surface area contributed by atoms with Gasteiger partial charge in [0.05, 0.1) is 0 Å². The summed E-state index contributed by atoms with van der Waals surface area (Å²) in [4.78, 5) is 0.